The van der Waals surface area contributed by atoms with E-state index in [1.807, 2.05) is 0 Å². The molecule has 1 aromatic heterocycles. The second kappa shape index (κ2) is 7.25. The van der Waals surface area contributed by atoms with E-state index in [-0.39, 0.29) is 17.9 Å². The van der Waals surface area contributed by atoms with Crippen molar-refractivity contribution in [3.05, 3.63) is 81.8 Å². The molecule has 0 aliphatic heterocycles. The van der Waals surface area contributed by atoms with E-state index in [1.165, 1.54) is 18.3 Å². The fourth-order valence-electron chi connectivity index (χ4n) is 2.70. The highest BCUT2D eigenvalue weighted by atomic mass is 16.5. The Morgan fingerprint density at radius 1 is 1.15 bits per heavy atom. The number of phenolic OH excluding ortho intramolecular Hbond substituents is 1. The van der Waals surface area contributed by atoms with Crippen molar-refractivity contribution in [2.75, 3.05) is 5.73 Å². The van der Waals surface area contributed by atoms with E-state index < -0.39 is 11.4 Å². The van der Waals surface area contributed by atoms with Gasteiger partial charge in [0.25, 0.3) is 0 Å². The predicted octanol–water partition coefficient (Wildman–Crippen LogP) is 2.71. The molecule has 0 amide bonds. The summed E-state index contributed by atoms with van der Waals surface area (Å²) in [5.74, 6) is -0.653. The van der Waals surface area contributed by atoms with Crippen LogP contribution < -0.4 is 15.9 Å². The molecule has 0 aliphatic rings. The average molecular weight is 366 g/mol. The van der Waals surface area contributed by atoms with Crippen LogP contribution in [0.4, 0.5) is 5.69 Å². The van der Waals surface area contributed by atoms with E-state index in [1.54, 1.807) is 47.9 Å². The van der Waals surface area contributed by atoms with Crippen LogP contribution in [0.5, 0.6) is 11.5 Å². The number of carboxylic acid groups (broad SMARTS) is 1. The Labute approximate surface area is 154 Å². The van der Waals surface area contributed by atoms with Gasteiger partial charge in [-0.3, -0.25) is 4.79 Å². The molecule has 0 saturated carbocycles. The van der Waals surface area contributed by atoms with Gasteiger partial charge in [-0.2, -0.15) is 0 Å². The molecule has 3 rings (SSSR count). The minimum absolute atomic E-state index is 0.0410. The largest absolute Gasteiger partial charge is 0.508 e. The summed E-state index contributed by atoms with van der Waals surface area (Å²) in [7, 11) is 0. The quantitative estimate of drug-likeness (QED) is 0.598. The Hall–Kier alpha value is -3.74. The van der Waals surface area contributed by atoms with Crippen LogP contribution >= 0.6 is 0 Å². The number of nitrogen functional groups attached to an aromatic ring is 1. The molecule has 7 heteroatoms. The highest BCUT2D eigenvalue weighted by Crippen LogP contribution is 2.22. The number of benzene rings is 2. The Bertz CT molecular complexity index is 1050. The lowest BCUT2D eigenvalue weighted by Crippen LogP contribution is -2.20. The van der Waals surface area contributed by atoms with Crippen LogP contribution in [-0.4, -0.2) is 20.7 Å². The maximum Gasteiger partial charge on any atom is 0.341 e. The molecule has 0 fully saturated rings. The van der Waals surface area contributed by atoms with E-state index in [9.17, 15) is 19.8 Å². The number of aromatic nitrogens is 1. The molecule has 0 radical (unpaired) electrons. The van der Waals surface area contributed by atoms with Crippen molar-refractivity contribution in [1.82, 2.24) is 4.57 Å². The highest BCUT2D eigenvalue weighted by molar-refractivity contribution is 5.87. The summed E-state index contributed by atoms with van der Waals surface area (Å²) in [6.45, 7) is 1.82. The van der Waals surface area contributed by atoms with Crippen LogP contribution in [0.1, 0.15) is 21.6 Å². The van der Waals surface area contributed by atoms with Crippen molar-refractivity contribution in [3.8, 4) is 17.2 Å². The molecule has 2 aromatic carbocycles. The third-order valence-electron chi connectivity index (χ3n) is 4.07. The van der Waals surface area contributed by atoms with E-state index >= 15 is 0 Å². The summed E-state index contributed by atoms with van der Waals surface area (Å²) in [6, 6.07) is 12.7. The minimum atomic E-state index is -1.31. The van der Waals surface area contributed by atoms with Crippen LogP contribution in [0.3, 0.4) is 0 Å². The van der Waals surface area contributed by atoms with Gasteiger partial charge >= 0.3 is 5.97 Å². The van der Waals surface area contributed by atoms with E-state index in [0.717, 1.165) is 0 Å². The maximum absolute atomic E-state index is 12.2. The van der Waals surface area contributed by atoms with Gasteiger partial charge in [0.2, 0.25) is 0 Å². The molecule has 7 nitrogen and oxygen atoms in total. The number of pyridine rings is 1. The summed E-state index contributed by atoms with van der Waals surface area (Å²) >= 11 is 0. The van der Waals surface area contributed by atoms with Crippen LogP contribution in [0.2, 0.25) is 0 Å². The summed E-state index contributed by atoms with van der Waals surface area (Å²) in [5, 5.41) is 18.9. The fourth-order valence-corrected chi connectivity index (χ4v) is 2.70. The number of anilines is 1. The highest BCUT2D eigenvalue weighted by Gasteiger charge is 2.15. The number of aromatic carboxylic acids is 1. The van der Waals surface area contributed by atoms with Gasteiger partial charge < -0.3 is 25.3 Å². The predicted molar refractivity (Wildman–Crippen MR) is 101 cm³/mol. The van der Waals surface area contributed by atoms with Gasteiger partial charge in [0.05, 0.1) is 5.69 Å². The molecule has 138 valence electrons. The normalized spacial score (nSPS) is 10.6. The number of hydrogen-bond acceptors (Lipinski definition) is 5. The fraction of sp³-hybridized carbons (Fsp3) is 0.100. The van der Waals surface area contributed by atoms with Gasteiger partial charge in [0.15, 0.2) is 5.43 Å². The second-order valence-electron chi connectivity index (χ2n) is 6.05. The first-order valence-electron chi connectivity index (χ1n) is 8.12. The first kappa shape index (κ1) is 18.1. The second-order valence-corrected chi connectivity index (χ2v) is 6.05. The van der Waals surface area contributed by atoms with Crippen LogP contribution in [0, 0.1) is 6.92 Å². The average Bonchev–Trinajstić information content (AvgIpc) is 2.61. The third-order valence-corrected chi connectivity index (χ3v) is 4.07. The monoisotopic (exact) mass is 366 g/mol. The Kier molecular flexibility index (Phi) is 4.85. The van der Waals surface area contributed by atoms with Gasteiger partial charge in [-0.1, -0.05) is 0 Å². The molecule has 0 unspecified atom stereocenters. The first-order chi connectivity index (χ1) is 12.8. The summed E-state index contributed by atoms with van der Waals surface area (Å²) in [5.41, 5.74) is 7.11. The smallest absolute Gasteiger partial charge is 0.341 e. The molecule has 0 aliphatic carbocycles. The van der Waals surface area contributed by atoms with Crippen molar-refractivity contribution >= 4 is 11.7 Å². The van der Waals surface area contributed by atoms with Crippen molar-refractivity contribution in [1.29, 1.82) is 0 Å². The van der Waals surface area contributed by atoms with Gasteiger partial charge in [0.1, 0.15) is 23.7 Å². The molecule has 1 heterocycles. The lowest BCUT2D eigenvalue weighted by molar-refractivity contribution is 0.0694. The van der Waals surface area contributed by atoms with Crippen LogP contribution in [-0.2, 0) is 6.61 Å². The summed E-state index contributed by atoms with van der Waals surface area (Å²) in [4.78, 5) is 23.5. The van der Waals surface area contributed by atoms with E-state index in [2.05, 4.69) is 0 Å². The third kappa shape index (κ3) is 3.92. The molecule has 0 spiro atoms. The number of carboxylic acids is 1. The van der Waals surface area contributed by atoms with Gasteiger partial charge in [-0.15, -0.1) is 0 Å². The molecule has 0 saturated heterocycles. The molecule has 4 N–H and O–H groups in total. The number of aromatic hydroxyl groups is 1. The number of aryl methyl sites for hydroxylation is 1. The number of rotatable bonds is 5. The van der Waals surface area contributed by atoms with E-state index in [4.69, 9.17) is 10.5 Å². The lowest BCUT2D eigenvalue weighted by Gasteiger charge is -2.17. The molecular formula is C20H18N2O5. The molecular weight excluding hydrogens is 348 g/mol. The zero-order valence-corrected chi connectivity index (χ0v) is 14.5. The topological polar surface area (TPSA) is 115 Å². The number of carbonyl (C=O) groups is 1. The van der Waals surface area contributed by atoms with Crippen LogP contribution in [0.25, 0.3) is 5.69 Å². The molecule has 3 aromatic rings. The first-order valence-corrected chi connectivity index (χ1v) is 8.12. The molecule has 0 bridgehead atoms. The number of ether oxygens (including phenoxy) is 1. The Balaban J connectivity index is 2.05. The van der Waals surface area contributed by atoms with Gasteiger partial charge in [0, 0.05) is 23.6 Å². The van der Waals surface area contributed by atoms with Crippen molar-refractivity contribution in [2.24, 2.45) is 0 Å². The Morgan fingerprint density at radius 3 is 2.48 bits per heavy atom. The number of nitrogens with two attached hydrogens (primary N) is 1. The van der Waals surface area contributed by atoms with E-state index in [0.29, 0.717) is 28.4 Å². The van der Waals surface area contributed by atoms with Gasteiger partial charge in [-0.05, 0) is 55.0 Å². The van der Waals surface area contributed by atoms with Crippen molar-refractivity contribution in [3.63, 3.8) is 0 Å². The lowest BCUT2D eigenvalue weighted by atomic mass is 10.1. The summed E-state index contributed by atoms with van der Waals surface area (Å²) < 4.78 is 7.30. The zero-order valence-electron chi connectivity index (χ0n) is 14.5. The maximum atomic E-state index is 12.2. The Morgan fingerprint density at radius 2 is 1.85 bits per heavy atom. The van der Waals surface area contributed by atoms with Crippen molar-refractivity contribution in [2.45, 2.75) is 13.5 Å². The van der Waals surface area contributed by atoms with Crippen LogP contribution in [0.15, 0.2) is 59.5 Å². The molecule has 0 atom stereocenters. The zero-order chi connectivity index (χ0) is 19.6. The summed E-state index contributed by atoms with van der Waals surface area (Å²) in [6.07, 6.45) is 1.27. The molecule has 27 heavy (non-hydrogen) atoms. The SMILES string of the molecule is Cc1cc(O)ccc1-n1cc(C(=O)O)c(=O)cc1COc1ccc(N)cc1. The van der Waals surface area contributed by atoms with Crippen molar-refractivity contribution < 1.29 is 19.7 Å². The number of nitrogens with zero attached hydrogens (tertiary/aromatic N) is 1. The minimum Gasteiger partial charge on any atom is -0.508 e. The van der Waals surface area contributed by atoms with Gasteiger partial charge in [-0.25, -0.2) is 4.79 Å². The number of hydrogen-bond donors (Lipinski definition) is 3. The standard InChI is InChI=1S/C20H18N2O5/c1-12-8-15(23)4-7-18(12)22-10-17(20(25)26)19(24)9-14(22)11-27-16-5-2-13(21)3-6-16/h2-10,23H,11,21H2,1H3,(H,25,26). The number of phenols is 1.